The average Bonchev–Trinajstić information content (AvgIpc) is 3.31. The van der Waals surface area contributed by atoms with Crippen molar-refractivity contribution in [2.45, 2.75) is 38.1 Å². The lowest BCUT2D eigenvalue weighted by Gasteiger charge is -2.28. The van der Waals surface area contributed by atoms with E-state index in [4.69, 9.17) is 30.9 Å². The highest BCUT2D eigenvalue weighted by Crippen LogP contribution is 2.43. The van der Waals surface area contributed by atoms with Gasteiger partial charge in [-0.1, -0.05) is 55.1 Å². The van der Waals surface area contributed by atoms with Gasteiger partial charge in [-0.05, 0) is 64.7 Å². The maximum absolute atomic E-state index is 13.2. The minimum Gasteiger partial charge on any atom is -0.493 e. The van der Waals surface area contributed by atoms with Crippen LogP contribution < -0.4 is 14.8 Å². The van der Waals surface area contributed by atoms with Gasteiger partial charge in [0.1, 0.15) is 19.3 Å². The number of allylic oxidation sites excluding steroid dienone is 1. The van der Waals surface area contributed by atoms with E-state index in [0.29, 0.717) is 50.0 Å². The molecule has 1 aliphatic heterocycles. The number of anilines is 1. The van der Waals surface area contributed by atoms with Crippen molar-refractivity contribution in [2.24, 2.45) is 0 Å². The third-order valence-electron chi connectivity index (χ3n) is 5.68. The molecule has 1 aliphatic rings. The first-order valence-corrected chi connectivity index (χ1v) is 14.1. The van der Waals surface area contributed by atoms with Crippen molar-refractivity contribution in [3.8, 4) is 11.5 Å². The molecule has 0 saturated heterocycles. The summed E-state index contributed by atoms with van der Waals surface area (Å²) in [6.45, 7) is 7.99. The van der Waals surface area contributed by atoms with Gasteiger partial charge < -0.3 is 19.5 Å². The van der Waals surface area contributed by atoms with Gasteiger partial charge in [-0.15, -0.1) is 5.10 Å². The van der Waals surface area contributed by atoms with E-state index < -0.39 is 12.0 Å². The van der Waals surface area contributed by atoms with E-state index in [-0.39, 0.29) is 6.61 Å². The Balaban J connectivity index is 1.75. The Hall–Kier alpha value is -2.95. The first kappa shape index (κ1) is 28.1. The lowest BCUT2D eigenvalue weighted by atomic mass is 9.95. The predicted octanol–water partition coefficient (Wildman–Crippen LogP) is 6.80. The molecular weight excluding hydrogens is 592 g/mol. The van der Waals surface area contributed by atoms with Crippen molar-refractivity contribution in [3.05, 3.63) is 80.9 Å². The number of hydrogen-bond donors (Lipinski definition) is 1. The largest absolute Gasteiger partial charge is 0.493 e. The zero-order valence-corrected chi connectivity index (χ0v) is 24.5. The molecule has 11 heteroatoms. The molecule has 4 rings (SSSR count). The molecule has 0 bridgehead atoms. The fourth-order valence-corrected chi connectivity index (χ4v) is 5.33. The Labute approximate surface area is 239 Å². The Morgan fingerprint density at radius 3 is 2.76 bits per heavy atom. The number of fused-ring (bicyclic) bond motifs is 1. The van der Waals surface area contributed by atoms with Crippen molar-refractivity contribution in [2.75, 3.05) is 24.8 Å². The monoisotopic (exact) mass is 618 g/mol. The SMILES string of the molecule is C=CCOC(=O)C1=C(C)Nc2nc(SCCC)nn2C1c1cc(Br)c(OCc2ccc(Cl)cc2)c(OC)c1. The normalized spacial score (nSPS) is 14.5. The number of ether oxygens (including phenoxy) is 3. The van der Waals surface area contributed by atoms with Crippen molar-refractivity contribution >= 4 is 51.2 Å². The van der Waals surface area contributed by atoms with Crippen LogP contribution in [0.3, 0.4) is 0 Å². The van der Waals surface area contributed by atoms with Gasteiger partial charge in [-0.2, -0.15) is 4.98 Å². The first-order valence-electron chi connectivity index (χ1n) is 12.0. The van der Waals surface area contributed by atoms with E-state index in [1.54, 1.807) is 23.6 Å². The number of esters is 1. The van der Waals surface area contributed by atoms with Crippen LogP contribution in [-0.4, -0.2) is 40.2 Å². The van der Waals surface area contributed by atoms with Crippen LogP contribution in [0.5, 0.6) is 11.5 Å². The molecule has 0 fully saturated rings. The highest BCUT2D eigenvalue weighted by molar-refractivity contribution is 9.10. The summed E-state index contributed by atoms with van der Waals surface area (Å²) < 4.78 is 19.7. The van der Waals surface area contributed by atoms with Gasteiger partial charge in [0.2, 0.25) is 11.1 Å². The maximum atomic E-state index is 13.2. The van der Waals surface area contributed by atoms with Crippen LogP contribution in [-0.2, 0) is 16.1 Å². The second kappa shape index (κ2) is 12.7. The number of nitrogens with one attached hydrogen (secondary N) is 1. The number of carbonyl (C=O) groups excluding carboxylic acids is 1. The Kier molecular flexibility index (Phi) is 9.40. The number of halogens is 2. The van der Waals surface area contributed by atoms with E-state index in [0.717, 1.165) is 23.3 Å². The van der Waals surface area contributed by atoms with E-state index in [1.165, 1.54) is 6.08 Å². The van der Waals surface area contributed by atoms with Crippen LogP contribution in [0.4, 0.5) is 5.95 Å². The fraction of sp³-hybridized carbons (Fsp3) is 0.296. The van der Waals surface area contributed by atoms with Crippen LogP contribution in [0.15, 0.2) is 70.0 Å². The van der Waals surface area contributed by atoms with E-state index >= 15 is 0 Å². The molecule has 1 aromatic heterocycles. The van der Waals surface area contributed by atoms with Crippen molar-refractivity contribution in [3.63, 3.8) is 0 Å². The average molecular weight is 620 g/mol. The highest BCUT2D eigenvalue weighted by Gasteiger charge is 2.36. The van der Waals surface area contributed by atoms with Crippen LogP contribution >= 0.6 is 39.3 Å². The summed E-state index contributed by atoms with van der Waals surface area (Å²) in [5, 5.41) is 9.23. The Morgan fingerprint density at radius 2 is 2.08 bits per heavy atom. The minimum atomic E-state index is -0.609. The van der Waals surface area contributed by atoms with Crippen LogP contribution in [0.1, 0.15) is 37.4 Å². The summed E-state index contributed by atoms with van der Waals surface area (Å²) >= 11 is 11.2. The second-order valence-corrected chi connectivity index (χ2v) is 10.8. The molecule has 3 aromatic rings. The molecule has 1 unspecified atom stereocenters. The molecule has 0 amide bonds. The summed E-state index contributed by atoms with van der Waals surface area (Å²) in [6.07, 6.45) is 2.52. The quantitative estimate of drug-likeness (QED) is 0.142. The van der Waals surface area contributed by atoms with Gasteiger partial charge in [0.15, 0.2) is 11.5 Å². The molecule has 0 saturated carbocycles. The van der Waals surface area contributed by atoms with Crippen LogP contribution in [0.2, 0.25) is 5.02 Å². The van der Waals surface area contributed by atoms with Crippen molar-refractivity contribution in [1.82, 2.24) is 14.8 Å². The number of aromatic nitrogens is 3. The number of hydrogen-bond acceptors (Lipinski definition) is 8. The van der Waals surface area contributed by atoms with Gasteiger partial charge in [0.25, 0.3) is 0 Å². The van der Waals surface area contributed by atoms with Crippen molar-refractivity contribution in [1.29, 1.82) is 0 Å². The van der Waals surface area contributed by atoms with Gasteiger partial charge in [-0.3, -0.25) is 0 Å². The van der Waals surface area contributed by atoms with Crippen LogP contribution in [0, 0.1) is 0 Å². The standard InChI is InChI=1S/C27H28BrClN4O4S/c1-5-11-36-25(34)22-16(3)30-26-31-27(38-12-6-2)32-33(26)23(22)18-13-20(28)24(21(14-18)35-4)37-15-17-7-9-19(29)10-8-17/h5,7-10,13-14,23H,1,6,11-12,15H2,2-4H3,(H,30,31,32). The van der Waals surface area contributed by atoms with Crippen molar-refractivity contribution < 1.29 is 19.0 Å². The topological polar surface area (TPSA) is 87.5 Å². The molecule has 0 radical (unpaired) electrons. The maximum Gasteiger partial charge on any atom is 0.338 e. The number of nitrogens with zero attached hydrogens (tertiary/aromatic N) is 3. The molecule has 0 aliphatic carbocycles. The lowest BCUT2D eigenvalue weighted by molar-refractivity contribution is -0.138. The number of benzene rings is 2. The lowest BCUT2D eigenvalue weighted by Crippen LogP contribution is -2.29. The second-order valence-electron chi connectivity index (χ2n) is 8.41. The Bertz CT molecular complexity index is 1360. The van der Waals surface area contributed by atoms with Gasteiger partial charge >= 0.3 is 5.97 Å². The molecular formula is C27H28BrClN4O4S. The molecule has 200 valence electrons. The summed E-state index contributed by atoms with van der Waals surface area (Å²) in [5.74, 6) is 2.00. The number of carbonyl (C=O) groups is 1. The van der Waals surface area contributed by atoms with E-state index in [1.807, 2.05) is 43.3 Å². The zero-order valence-electron chi connectivity index (χ0n) is 21.3. The highest BCUT2D eigenvalue weighted by atomic mass is 79.9. The summed E-state index contributed by atoms with van der Waals surface area (Å²) in [5.41, 5.74) is 2.76. The molecule has 1 atom stereocenters. The molecule has 1 N–H and O–H groups in total. The number of rotatable bonds is 11. The fourth-order valence-electron chi connectivity index (χ4n) is 3.94. The Morgan fingerprint density at radius 1 is 1.32 bits per heavy atom. The van der Waals surface area contributed by atoms with E-state index in [2.05, 4.69) is 39.7 Å². The van der Waals surface area contributed by atoms with Gasteiger partial charge in [0.05, 0.1) is 17.2 Å². The predicted molar refractivity (Wildman–Crippen MR) is 153 cm³/mol. The number of thioether (sulfide) groups is 1. The van der Waals surface area contributed by atoms with Gasteiger partial charge in [0, 0.05) is 16.5 Å². The molecule has 2 heterocycles. The smallest absolute Gasteiger partial charge is 0.338 e. The first-order chi connectivity index (χ1) is 18.4. The molecule has 8 nitrogen and oxygen atoms in total. The van der Waals surface area contributed by atoms with E-state index in [9.17, 15) is 4.79 Å². The molecule has 38 heavy (non-hydrogen) atoms. The third kappa shape index (κ3) is 6.19. The van der Waals surface area contributed by atoms with Gasteiger partial charge in [-0.25, -0.2) is 9.48 Å². The summed E-state index contributed by atoms with van der Waals surface area (Å²) in [7, 11) is 1.57. The number of methoxy groups -OCH3 is 1. The minimum absolute atomic E-state index is 0.0919. The zero-order chi connectivity index (χ0) is 27.2. The summed E-state index contributed by atoms with van der Waals surface area (Å²) in [4.78, 5) is 17.9. The summed E-state index contributed by atoms with van der Waals surface area (Å²) in [6, 6.07) is 10.6. The molecule has 2 aromatic carbocycles. The third-order valence-corrected chi connectivity index (χ3v) is 7.57. The molecule has 0 spiro atoms. The van der Waals surface area contributed by atoms with Crippen LogP contribution in [0.25, 0.3) is 0 Å².